The lowest BCUT2D eigenvalue weighted by molar-refractivity contribution is -0.112. The third-order valence-corrected chi connectivity index (χ3v) is 3.73. The summed E-state index contributed by atoms with van der Waals surface area (Å²) in [4.78, 5) is 23.8. The van der Waals surface area contributed by atoms with Gasteiger partial charge in [0, 0.05) is 17.6 Å². The van der Waals surface area contributed by atoms with Crippen molar-refractivity contribution in [3.63, 3.8) is 0 Å². The maximum absolute atomic E-state index is 12.2. The number of nitrogens with zero attached hydrogens (tertiary/aromatic N) is 1. The molecule has 0 radical (unpaired) electrons. The fourth-order valence-electron chi connectivity index (χ4n) is 2.02. The summed E-state index contributed by atoms with van der Waals surface area (Å²) in [6.07, 6.45) is 1.27. The van der Waals surface area contributed by atoms with Gasteiger partial charge in [-0.25, -0.2) is 4.79 Å². The number of benzene rings is 2. The van der Waals surface area contributed by atoms with Crippen molar-refractivity contribution < 1.29 is 14.3 Å². The predicted molar refractivity (Wildman–Crippen MR) is 104 cm³/mol. The van der Waals surface area contributed by atoms with E-state index >= 15 is 0 Å². The first-order valence-electron chi connectivity index (χ1n) is 7.95. The molecule has 4 N–H and O–H groups in total. The third-order valence-electron chi connectivity index (χ3n) is 3.40. The largest absolute Gasteiger partial charge is 0.462 e. The highest BCUT2D eigenvalue weighted by atomic mass is 35.5. The van der Waals surface area contributed by atoms with E-state index in [1.807, 2.05) is 6.07 Å². The first kappa shape index (κ1) is 19.8. The molecule has 2 aromatic carbocycles. The molecule has 0 aromatic heterocycles. The molecular weight excluding hydrogens is 368 g/mol. The van der Waals surface area contributed by atoms with Gasteiger partial charge in [-0.3, -0.25) is 4.79 Å². The van der Waals surface area contributed by atoms with E-state index in [0.717, 1.165) is 0 Å². The fourth-order valence-corrected chi connectivity index (χ4v) is 2.20. The predicted octanol–water partition coefficient (Wildman–Crippen LogP) is 3.56. The molecule has 0 aliphatic carbocycles. The van der Waals surface area contributed by atoms with Crippen LogP contribution >= 0.6 is 11.6 Å². The minimum Gasteiger partial charge on any atom is -0.462 e. The Hall–Kier alpha value is -3.50. The number of amides is 1. The first-order chi connectivity index (χ1) is 12.9. The maximum atomic E-state index is 12.2. The highest BCUT2D eigenvalue weighted by molar-refractivity contribution is 6.33. The molecule has 0 spiro atoms. The zero-order valence-corrected chi connectivity index (χ0v) is 15.2. The number of carbonyl (C=O) groups excluding carboxylic acids is 2. The van der Waals surface area contributed by atoms with E-state index < -0.39 is 11.9 Å². The monoisotopic (exact) mass is 384 g/mol. The molecule has 0 bridgehead atoms. The van der Waals surface area contributed by atoms with Crippen LogP contribution in [-0.4, -0.2) is 18.5 Å². The van der Waals surface area contributed by atoms with E-state index in [2.05, 4.69) is 10.6 Å². The molecule has 138 valence electrons. The Bertz CT molecular complexity index is 918. The summed E-state index contributed by atoms with van der Waals surface area (Å²) in [5, 5.41) is 15.0. The smallest absolute Gasteiger partial charge is 0.338 e. The molecule has 2 rings (SSSR count). The molecule has 1 amide bonds. The standard InChI is InChI=1S/C19H17ClN4O3/c1-2-27-19(26)12-3-5-14(6-4-12)24-18(25)13(10-21)11-23-15-7-8-17(22)16(20)9-15/h3-9,11,23H,2,22H2,1H3,(H,24,25)/b13-11-. The summed E-state index contributed by atoms with van der Waals surface area (Å²) in [6.45, 7) is 1.99. The summed E-state index contributed by atoms with van der Waals surface area (Å²) in [6, 6.07) is 12.8. The minimum atomic E-state index is -0.601. The number of hydrogen-bond donors (Lipinski definition) is 3. The second-order valence-corrected chi connectivity index (χ2v) is 5.71. The quantitative estimate of drug-likeness (QED) is 0.303. The van der Waals surface area contributed by atoms with Crippen LogP contribution in [0.3, 0.4) is 0 Å². The van der Waals surface area contributed by atoms with Crippen LogP contribution in [0.1, 0.15) is 17.3 Å². The summed E-state index contributed by atoms with van der Waals surface area (Å²) in [7, 11) is 0. The number of hydrogen-bond acceptors (Lipinski definition) is 6. The Balaban J connectivity index is 2.05. The van der Waals surface area contributed by atoms with E-state index in [1.54, 1.807) is 37.3 Å². The highest BCUT2D eigenvalue weighted by Gasteiger charge is 2.11. The Morgan fingerprint density at radius 2 is 1.89 bits per heavy atom. The topological polar surface area (TPSA) is 117 Å². The van der Waals surface area contributed by atoms with Crippen molar-refractivity contribution >= 4 is 40.5 Å². The molecule has 0 heterocycles. The van der Waals surface area contributed by atoms with Crippen LogP contribution in [0.2, 0.25) is 5.02 Å². The molecule has 27 heavy (non-hydrogen) atoms. The highest BCUT2D eigenvalue weighted by Crippen LogP contribution is 2.22. The normalized spacial score (nSPS) is 10.6. The number of anilines is 3. The molecule has 7 nitrogen and oxygen atoms in total. The summed E-state index contributed by atoms with van der Waals surface area (Å²) >= 11 is 5.92. The molecule has 0 saturated carbocycles. The van der Waals surface area contributed by atoms with Crippen LogP contribution in [0, 0.1) is 11.3 Å². The van der Waals surface area contributed by atoms with Gasteiger partial charge in [-0.2, -0.15) is 5.26 Å². The van der Waals surface area contributed by atoms with Crippen LogP contribution in [0.4, 0.5) is 17.1 Å². The number of ether oxygens (including phenoxy) is 1. The SMILES string of the molecule is CCOC(=O)c1ccc(NC(=O)/C(C#N)=C\Nc2ccc(N)c(Cl)c2)cc1. The van der Waals surface area contributed by atoms with Crippen molar-refractivity contribution in [1.82, 2.24) is 0 Å². The van der Waals surface area contributed by atoms with Crippen LogP contribution in [0.25, 0.3) is 0 Å². The summed E-state index contributed by atoms with van der Waals surface area (Å²) in [5.41, 5.74) is 7.30. The van der Waals surface area contributed by atoms with Crippen LogP contribution in [-0.2, 0) is 9.53 Å². The maximum Gasteiger partial charge on any atom is 0.338 e. The van der Waals surface area contributed by atoms with Crippen molar-refractivity contribution in [2.75, 3.05) is 23.0 Å². The third kappa shape index (κ3) is 5.49. The average molecular weight is 385 g/mol. The summed E-state index contributed by atoms with van der Waals surface area (Å²) < 4.78 is 4.89. The lowest BCUT2D eigenvalue weighted by Crippen LogP contribution is -2.14. The van der Waals surface area contributed by atoms with Crippen molar-refractivity contribution in [2.45, 2.75) is 6.92 Å². The van der Waals surface area contributed by atoms with Gasteiger partial charge in [0.15, 0.2) is 0 Å². The van der Waals surface area contributed by atoms with Gasteiger partial charge in [0.1, 0.15) is 11.6 Å². The molecule has 0 unspecified atom stereocenters. The molecule has 8 heteroatoms. The summed E-state index contributed by atoms with van der Waals surface area (Å²) in [5.74, 6) is -1.05. The van der Waals surface area contributed by atoms with Crippen LogP contribution < -0.4 is 16.4 Å². The molecule has 0 aliphatic rings. The lowest BCUT2D eigenvalue weighted by atomic mass is 10.2. The van der Waals surface area contributed by atoms with E-state index in [1.165, 1.54) is 18.3 Å². The zero-order chi connectivity index (χ0) is 19.8. The fraction of sp³-hybridized carbons (Fsp3) is 0.105. The van der Waals surface area contributed by atoms with Crippen molar-refractivity contribution in [3.8, 4) is 6.07 Å². The van der Waals surface area contributed by atoms with Crippen LogP contribution in [0.15, 0.2) is 54.2 Å². The number of nitrogen functional groups attached to an aromatic ring is 1. The minimum absolute atomic E-state index is 0.141. The number of carbonyl (C=O) groups is 2. The Morgan fingerprint density at radius 3 is 2.48 bits per heavy atom. The second kappa shape index (κ2) is 9.27. The van der Waals surface area contributed by atoms with Crippen LogP contribution in [0.5, 0.6) is 0 Å². The first-order valence-corrected chi connectivity index (χ1v) is 8.32. The molecule has 0 fully saturated rings. The molecule has 0 saturated heterocycles. The van der Waals surface area contributed by atoms with Crippen molar-refractivity contribution in [1.29, 1.82) is 5.26 Å². The van der Waals surface area contributed by atoms with E-state index in [0.29, 0.717) is 27.6 Å². The van der Waals surface area contributed by atoms with Gasteiger partial charge in [0.05, 0.1) is 22.9 Å². The number of nitrogens with two attached hydrogens (primary N) is 1. The van der Waals surface area contributed by atoms with Gasteiger partial charge in [-0.1, -0.05) is 11.6 Å². The van der Waals surface area contributed by atoms with Gasteiger partial charge < -0.3 is 21.1 Å². The van der Waals surface area contributed by atoms with Gasteiger partial charge in [0.2, 0.25) is 0 Å². The molecule has 2 aromatic rings. The zero-order valence-electron chi connectivity index (χ0n) is 14.5. The van der Waals surface area contributed by atoms with Gasteiger partial charge >= 0.3 is 5.97 Å². The number of rotatable bonds is 6. The van der Waals surface area contributed by atoms with Gasteiger partial charge in [0.25, 0.3) is 5.91 Å². The van der Waals surface area contributed by atoms with E-state index in [9.17, 15) is 14.9 Å². The van der Waals surface area contributed by atoms with Gasteiger partial charge in [-0.15, -0.1) is 0 Å². The van der Waals surface area contributed by atoms with E-state index in [4.69, 9.17) is 22.1 Å². The molecule has 0 aliphatic heterocycles. The lowest BCUT2D eigenvalue weighted by Gasteiger charge is -2.07. The van der Waals surface area contributed by atoms with Gasteiger partial charge in [-0.05, 0) is 49.4 Å². The number of esters is 1. The Morgan fingerprint density at radius 1 is 1.22 bits per heavy atom. The van der Waals surface area contributed by atoms with Crippen molar-refractivity contribution in [3.05, 3.63) is 64.8 Å². The average Bonchev–Trinajstić information content (AvgIpc) is 2.66. The second-order valence-electron chi connectivity index (χ2n) is 5.30. The number of halogens is 1. The van der Waals surface area contributed by atoms with Crippen molar-refractivity contribution in [2.24, 2.45) is 0 Å². The molecule has 0 atom stereocenters. The Kier molecular flexibility index (Phi) is 6.80. The number of nitrogens with one attached hydrogen (secondary N) is 2. The Labute approximate surface area is 161 Å². The van der Waals surface area contributed by atoms with E-state index in [-0.39, 0.29) is 12.2 Å². The molecular formula is C19H17ClN4O3. The number of nitriles is 1.